The number of nitrogens with zero attached hydrogens (tertiary/aromatic N) is 3. The summed E-state index contributed by atoms with van der Waals surface area (Å²) in [7, 11) is 0. The summed E-state index contributed by atoms with van der Waals surface area (Å²) in [5, 5.41) is 9.65. The summed E-state index contributed by atoms with van der Waals surface area (Å²) in [6.45, 7) is 3.28. The lowest BCUT2D eigenvalue weighted by molar-refractivity contribution is 0.122. The first-order valence-electron chi connectivity index (χ1n) is 8.01. The Labute approximate surface area is 148 Å². The number of nitrogens with one attached hydrogen (secondary N) is 2. The normalized spacial score (nSPS) is 14.5. The molecule has 0 aliphatic carbocycles. The first-order chi connectivity index (χ1) is 12.3. The van der Waals surface area contributed by atoms with Crippen LogP contribution in [0.5, 0.6) is 0 Å². The van der Waals surface area contributed by atoms with Gasteiger partial charge >= 0.3 is 6.03 Å². The summed E-state index contributed by atoms with van der Waals surface area (Å²) in [5.74, 6) is 0. The van der Waals surface area contributed by atoms with Crippen LogP contribution in [0.2, 0.25) is 0 Å². The average molecular weight is 355 g/mol. The number of ether oxygens (including phenoxy) is 1. The van der Waals surface area contributed by atoms with E-state index in [1.165, 1.54) is 11.5 Å². The van der Waals surface area contributed by atoms with Gasteiger partial charge in [0.2, 0.25) is 0 Å². The SMILES string of the molecule is O=C(Nc1ccc(N2CCOCC2)cc1)Nc1ccc2snnc2c1. The van der Waals surface area contributed by atoms with Gasteiger partial charge in [0, 0.05) is 30.2 Å². The number of hydrogen-bond acceptors (Lipinski definition) is 6. The minimum atomic E-state index is -0.290. The Balaban J connectivity index is 1.38. The van der Waals surface area contributed by atoms with E-state index < -0.39 is 0 Å². The Kier molecular flexibility index (Phi) is 4.45. The van der Waals surface area contributed by atoms with Crippen LogP contribution in [0.15, 0.2) is 42.5 Å². The van der Waals surface area contributed by atoms with Gasteiger partial charge in [0.25, 0.3) is 0 Å². The van der Waals surface area contributed by atoms with Gasteiger partial charge in [-0.25, -0.2) is 4.79 Å². The zero-order chi connectivity index (χ0) is 17.1. The fourth-order valence-electron chi connectivity index (χ4n) is 2.73. The third-order valence-electron chi connectivity index (χ3n) is 4.01. The fourth-order valence-corrected chi connectivity index (χ4v) is 3.27. The summed E-state index contributed by atoms with van der Waals surface area (Å²) < 4.78 is 10.2. The van der Waals surface area contributed by atoms with Gasteiger partial charge in [-0.2, -0.15) is 0 Å². The van der Waals surface area contributed by atoms with Crippen molar-refractivity contribution in [2.45, 2.75) is 0 Å². The maximum atomic E-state index is 12.2. The van der Waals surface area contributed by atoms with E-state index in [1.54, 1.807) is 6.07 Å². The van der Waals surface area contributed by atoms with E-state index in [9.17, 15) is 4.79 Å². The molecule has 0 spiro atoms. The molecule has 0 bridgehead atoms. The molecule has 7 nitrogen and oxygen atoms in total. The Hall–Kier alpha value is -2.71. The van der Waals surface area contributed by atoms with E-state index in [0.717, 1.165) is 47.9 Å². The zero-order valence-electron chi connectivity index (χ0n) is 13.4. The molecule has 2 N–H and O–H groups in total. The molecule has 8 heteroatoms. The molecule has 1 aliphatic heterocycles. The number of carbonyl (C=O) groups is 1. The molecular weight excluding hydrogens is 338 g/mol. The molecule has 2 heterocycles. The Bertz CT molecular complexity index is 874. The Morgan fingerprint density at radius 2 is 1.76 bits per heavy atom. The van der Waals surface area contributed by atoms with Gasteiger partial charge in [-0.1, -0.05) is 4.49 Å². The van der Waals surface area contributed by atoms with Crippen molar-refractivity contribution in [1.82, 2.24) is 9.59 Å². The number of urea groups is 1. The predicted octanol–water partition coefficient (Wildman–Crippen LogP) is 3.17. The second-order valence-electron chi connectivity index (χ2n) is 5.68. The number of amides is 2. The van der Waals surface area contributed by atoms with Crippen LogP contribution in [0.3, 0.4) is 0 Å². The van der Waals surface area contributed by atoms with Gasteiger partial charge in [0.1, 0.15) is 5.52 Å². The highest BCUT2D eigenvalue weighted by atomic mass is 32.1. The van der Waals surface area contributed by atoms with E-state index in [2.05, 4.69) is 25.1 Å². The molecule has 1 aromatic heterocycles. The van der Waals surface area contributed by atoms with Crippen LogP contribution < -0.4 is 15.5 Å². The van der Waals surface area contributed by atoms with Crippen molar-refractivity contribution in [2.24, 2.45) is 0 Å². The van der Waals surface area contributed by atoms with Crippen molar-refractivity contribution < 1.29 is 9.53 Å². The van der Waals surface area contributed by atoms with Crippen molar-refractivity contribution in [3.05, 3.63) is 42.5 Å². The molecule has 2 amide bonds. The molecule has 128 valence electrons. The van der Waals surface area contributed by atoms with Crippen LogP contribution in [0.4, 0.5) is 21.9 Å². The monoisotopic (exact) mass is 355 g/mol. The fraction of sp³-hybridized carbons (Fsp3) is 0.235. The third-order valence-corrected chi connectivity index (χ3v) is 4.71. The highest BCUT2D eigenvalue weighted by molar-refractivity contribution is 7.12. The van der Waals surface area contributed by atoms with E-state index in [4.69, 9.17) is 4.74 Å². The van der Waals surface area contributed by atoms with Gasteiger partial charge < -0.3 is 20.3 Å². The summed E-state index contributed by atoms with van der Waals surface area (Å²) in [6, 6.07) is 13.1. The highest BCUT2D eigenvalue weighted by Crippen LogP contribution is 2.21. The van der Waals surface area contributed by atoms with Gasteiger partial charge in [-0.3, -0.25) is 0 Å². The van der Waals surface area contributed by atoms with Crippen molar-refractivity contribution in [1.29, 1.82) is 0 Å². The van der Waals surface area contributed by atoms with Crippen molar-refractivity contribution in [3.8, 4) is 0 Å². The molecule has 3 aromatic rings. The molecule has 0 saturated carbocycles. The Morgan fingerprint density at radius 1 is 1.04 bits per heavy atom. The van der Waals surface area contributed by atoms with Gasteiger partial charge in [-0.15, -0.1) is 5.10 Å². The van der Waals surface area contributed by atoms with Crippen LogP contribution in [0.25, 0.3) is 10.2 Å². The van der Waals surface area contributed by atoms with Crippen LogP contribution in [-0.2, 0) is 4.74 Å². The van der Waals surface area contributed by atoms with Gasteiger partial charge in [0.05, 0.1) is 17.9 Å². The molecule has 2 aromatic carbocycles. The number of rotatable bonds is 3. The van der Waals surface area contributed by atoms with E-state index in [1.807, 2.05) is 36.4 Å². The number of benzene rings is 2. The topological polar surface area (TPSA) is 79.4 Å². The van der Waals surface area contributed by atoms with Crippen molar-refractivity contribution in [3.63, 3.8) is 0 Å². The van der Waals surface area contributed by atoms with Gasteiger partial charge in [-0.05, 0) is 54.0 Å². The second-order valence-corrected chi connectivity index (χ2v) is 6.47. The number of hydrogen-bond donors (Lipinski definition) is 2. The summed E-state index contributed by atoms with van der Waals surface area (Å²) in [5.41, 5.74) is 3.34. The minimum absolute atomic E-state index is 0.290. The van der Waals surface area contributed by atoms with Crippen LogP contribution >= 0.6 is 11.5 Å². The second kappa shape index (κ2) is 7.04. The van der Waals surface area contributed by atoms with Crippen molar-refractivity contribution in [2.75, 3.05) is 41.8 Å². The smallest absolute Gasteiger partial charge is 0.323 e. The summed E-state index contributed by atoms with van der Waals surface area (Å²) in [4.78, 5) is 14.4. The zero-order valence-corrected chi connectivity index (χ0v) is 14.3. The summed E-state index contributed by atoms with van der Waals surface area (Å²) in [6.07, 6.45) is 0. The number of morpholine rings is 1. The maximum Gasteiger partial charge on any atom is 0.323 e. The number of anilines is 3. The average Bonchev–Trinajstić information content (AvgIpc) is 3.11. The lowest BCUT2D eigenvalue weighted by atomic mass is 10.2. The van der Waals surface area contributed by atoms with Crippen molar-refractivity contribution >= 4 is 44.8 Å². The molecule has 25 heavy (non-hydrogen) atoms. The lowest BCUT2D eigenvalue weighted by Crippen LogP contribution is -2.36. The molecule has 1 fully saturated rings. The summed E-state index contributed by atoms with van der Waals surface area (Å²) >= 11 is 1.33. The number of fused-ring (bicyclic) bond motifs is 1. The van der Waals surface area contributed by atoms with E-state index >= 15 is 0 Å². The van der Waals surface area contributed by atoms with Crippen LogP contribution in [0.1, 0.15) is 0 Å². The first-order valence-corrected chi connectivity index (χ1v) is 8.78. The minimum Gasteiger partial charge on any atom is -0.378 e. The molecule has 0 atom stereocenters. The molecule has 0 radical (unpaired) electrons. The van der Waals surface area contributed by atoms with Crippen LogP contribution in [0, 0.1) is 0 Å². The van der Waals surface area contributed by atoms with Crippen LogP contribution in [-0.4, -0.2) is 41.9 Å². The predicted molar refractivity (Wildman–Crippen MR) is 99.5 cm³/mol. The molecular formula is C17H17N5O2S. The van der Waals surface area contributed by atoms with Gasteiger partial charge in [0.15, 0.2) is 0 Å². The number of aromatic nitrogens is 2. The molecule has 1 aliphatic rings. The third kappa shape index (κ3) is 3.70. The standard InChI is InChI=1S/C17H17N5O2S/c23-17(19-13-3-6-16-15(11-13)20-21-25-16)18-12-1-4-14(5-2-12)22-7-9-24-10-8-22/h1-6,11H,7-10H2,(H2,18,19,23). The van der Waals surface area contributed by atoms with E-state index in [-0.39, 0.29) is 6.03 Å². The maximum absolute atomic E-state index is 12.2. The quantitative estimate of drug-likeness (QED) is 0.754. The Morgan fingerprint density at radius 3 is 2.56 bits per heavy atom. The molecule has 4 rings (SSSR count). The van der Waals surface area contributed by atoms with E-state index in [0.29, 0.717) is 5.69 Å². The highest BCUT2D eigenvalue weighted by Gasteiger charge is 2.11. The number of carbonyl (C=O) groups excluding carboxylic acids is 1. The molecule has 1 saturated heterocycles. The largest absolute Gasteiger partial charge is 0.378 e. The first kappa shape index (κ1) is 15.8. The lowest BCUT2D eigenvalue weighted by Gasteiger charge is -2.28. The molecule has 0 unspecified atom stereocenters.